The second-order valence-corrected chi connectivity index (χ2v) is 3.63. The number of hydrogen-bond donors (Lipinski definition) is 1. The Balaban J connectivity index is 2.62. The second-order valence-electron chi connectivity index (χ2n) is 3.63. The molecule has 0 radical (unpaired) electrons. The molecule has 0 unspecified atom stereocenters. The molecule has 0 saturated carbocycles. The summed E-state index contributed by atoms with van der Waals surface area (Å²) in [5.41, 5.74) is 0.782. The number of carbonyl (C=O) groups excluding carboxylic acids is 1. The Bertz CT molecular complexity index is 336. The van der Waals surface area contributed by atoms with E-state index in [-0.39, 0.29) is 11.7 Å². The monoisotopic (exact) mass is 207 g/mol. The van der Waals surface area contributed by atoms with Crippen molar-refractivity contribution in [2.45, 2.75) is 26.3 Å². The third kappa shape index (κ3) is 3.27. The zero-order valence-electron chi connectivity index (χ0n) is 9.23. The van der Waals surface area contributed by atoms with Crippen LogP contribution < -0.4 is 0 Å². The van der Waals surface area contributed by atoms with Crippen molar-refractivity contribution in [3.63, 3.8) is 0 Å². The highest BCUT2D eigenvalue weighted by Crippen LogP contribution is 2.17. The molecule has 0 aliphatic heterocycles. The van der Waals surface area contributed by atoms with Gasteiger partial charge in [0.05, 0.1) is 0 Å². The molecule has 0 bridgehead atoms. The molecule has 0 spiro atoms. The van der Waals surface area contributed by atoms with Crippen LogP contribution >= 0.6 is 0 Å². The molecule has 1 N–H and O–H groups in total. The summed E-state index contributed by atoms with van der Waals surface area (Å²) in [6.45, 7) is 2.44. The van der Waals surface area contributed by atoms with Gasteiger partial charge in [-0.05, 0) is 12.5 Å². The molecule has 1 aromatic carbocycles. The summed E-state index contributed by atoms with van der Waals surface area (Å²) in [5, 5.41) is 9.53. The van der Waals surface area contributed by atoms with Crippen LogP contribution in [-0.2, 0) is 11.3 Å². The average Bonchev–Trinajstić information content (AvgIpc) is 2.21. The number of rotatable bonds is 4. The lowest BCUT2D eigenvalue weighted by Crippen LogP contribution is -2.25. The van der Waals surface area contributed by atoms with E-state index in [4.69, 9.17) is 0 Å². The van der Waals surface area contributed by atoms with E-state index in [2.05, 4.69) is 0 Å². The number of aromatic hydroxyl groups is 1. The minimum Gasteiger partial charge on any atom is -0.508 e. The molecule has 0 heterocycles. The van der Waals surface area contributed by atoms with Gasteiger partial charge in [0.1, 0.15) is 5.75 Å². The van der Waals surface area contributed by atoms with Crippen LogP contribution in [0.25, 0.3) is 0 Å². The molecule has 3 heteroatoms. The molecule has 3 nitrogen and oxygen atoms in total. The summed E-state index contributed by atoms with van der Waals surface area (Å²) < 4.78 is 0. The topological polar surface area (TPSA) is 40.5 Å². The van der Waals surface area contributed by atoms with Crippen molar-refractivity contribution in [3.05, 3.63) is 29.8 Å². The van der Waals surface area contributed by atoms with E-state index in [9.17, 15) is 9.90 Å². The molecule has 15 heavy (non-hydrogen) atoms. The number of carbonyl (C=O) groups is 1. The lowest BCUT2D eigenvalue weighted by atomic mass is 10.2. The minimum atomic E-state index is 0.112. The molecule has 1 amide bonds. The van der Waals surface area contributed by atoms with E-state index < -0.39 is 0 Å². The van der Waals surface area contributed by atoms with Crippen molar-refractivity contribution >= 4 is 5.91 Å². The molecule has 0 aromatic heterocycles. The predicted octanol–water partition coefficient (Wildman–Crippen LogP) is 2.15. The Morgan fingerprint density at radius 1 is 1.40 bits per heavy atom. The van der Waals surface area contributed by atoms with Gasteiger partial charge in [-0.3, -0.25) is 4.79 Å². The van der Waals surface area contributed by atoms with Crippen molar-refractivity contribution in [1.29, 1.82) is 0 Å². The van der Waals surface area contributed by atoms with Gasteiger partial charge in [-0.25, -0.2) is 0 Å². The second kappa shape index (κ2) is 5.39. The first-order valence-electron chi connectivity index (χ1n) is 5.16. The van der Waals surface area contributed by atoms with Crippen LogP contribution in [0, 0.1) is 0 Å². The number of benzene rings is 1. The van der Waals surface area contributed by atoms with Gasteiger partial charge in [0.25, 0.3) is 0 Å². The standard InChI is InChI=1S/C12H17NO2/c1-3-6-12(15)13(2)9-10-7-4-5-8-11(10)14/h4-5,7-8,14H,3,6,9H2,1-2H3. The summed E-state index contributed by atoms with van der Waals surface area (Å²) in [6, 6.07) is 7.08. The molecule has 0 aliphatic rings. The van der Waals surface area contributed by atoms with E-state index in [1.54, 1.807) is 24.1 Å². The van der Waals surface area contributed by atoms with E-state index in [1.807, 2.05) is 19.1 Å². The Kier molecular flexibility index (Phi) is 4.16. The molecule has 0 saturated heterocycles. The fourth-order valence-corrected chi connectivity index (χ4v) is 1.39. The van der Waals surface area contributed by atoms with Gasteiger partial charge in [0.15, 0.2) is 0 Å². The van der Waals surface area contributed by atoms with Crippen LogP contribution in [0.1, 0.15) is 25.3 Å². The first-order chi connectivity index (χ1) is 7.15. The average molecular weight is 207 g/mol. The third-order valence-corrected chi connectivity index (χ3v) is 2.29. The Morgan fingerprint density at radius 2 is 2.07 bits per heavy atom. The van der Waals surface area contributed by atoms with E-state index in [0.717, 1.165) is 12.0 Å². The lowest BCUT2D eigenvalue weighted by molar-refractivity contribution is -0.130. The Labute approximate surface area is 90.3 Å². The molecule has 82 valence electrons. The van der Waals surface area contributed by atoms with Crippen LogP contribution in [0.3, 0.4) is 0 Å². The fourth-order valence-electron chi connectivity index (χ4n) is 1.39. The summed E-state index contributed by atoms with van der Waals surface area (Å²) >= 11 is 0. The van der Waals surface area contributed by atoms with Crippen molar-refractivity contribution in [2.75, 3.05) is 7.05 Å². The highest BCUT2D eigenvalue weighted by Gasteiger charge is 2.09. The summed E-state index contributed by atoms with van der Waals surface area (Å²) in [7, 11) is 1.75. The zero-order chi connectivity index (χ0) is 11.3. The highest BCUT2D eigenvalue weighted by molar-refractivity contribution is 5.75. The molecule has 1 aromatic rings. The maximum absolute atomic E-state index is 11.5. The van der Waals surface area contributed by atoms with Gasteiger partial charge in [-0.2, -0.15) is 0 Å². The van der Waals surface area contributed by atoms with Crippen LogP contribution in [0.4, 0.5) is 0 Å². The number of amides is 1. The van der Waals surface area contributed by atoms with Gasteiger partial charge >= 0.3 is 0 Å². The molecule has 0 fully saturated rings. The lowest BCUT2D eigenvalue weighted by Gasteiger charge is -2.17. The zero-order valence-corrected chi connectivity index (χ0v) is 9.23. The van der Waals surface area contributed by atoms with Crippen molar-refractivity contribution in [3.8, 4) is 5.75 Å². The number of nitrogens with zero attached hydrogens (tertiary/aromatic N) is 1. The number of phenols is 1. The molecule has 0 aliphatic carbocycles. The minimum absolute atomic E-state index is 0.112. The molecular formula is C12H17NO2. The van der Waals surface area contributed by atoms with Crippen molar-refractivity contribution in [2.24, 2.45) is 0 Å². The third-order valence-electron chi connectivity index (χ3n) is 2.29. The maximum Gasteiger partial charge on any atom is 0.222 e. The van der Waals surface area contributed by atoms with Crippen LogP contribution in [0.5, 0.6) is 5.75 Å². The van der Waals surface area contributed by atoms with E-state index in [0.29, 0.717) is 13.0 Å². The first kappa shape index (κ1) is 11.6. The predicted molar refractivity (Wildman–Crippen MR) is 59.5 cm³/mol. The Morgan fingerprint density at radius 3 is 2.67 bits per heavy atom. The van der Waals surface area contributed by atoms with Gasteiger partial charge < -0.3 is 10.0 Å². The van der Waals surface area contributed by atoms with Gasteiger partial charge in [0, 0.05) is 25.6 Å². The van der Waals surface area contributed by atoms with Crippen LogP contribution in [0.2, 0.25) is 0 Å². The maximum atomic E-state index is 11.5. The van der Waals surface area contributed by atoms with Gasteiger partial charge in [0.2, 0.25) is 5.91 Å². The quantitative estimate of drug-likeness (QED) is 0.821. The summed E-state index contributed by atoms with van der Waals surface area (Å²) in [6.07, 6.45) is 1.41. The number of hydrogen-bond acceptors (Lipinski definition) is 2. The molecule has 1 rings (SSSR count). The summed E-state index contributed by atoms with van der Waals surface area (Å²) in [4.78, 5) is 13.1. The highest BCUT2D eigenvalue weighted by atomic mass is 16.3. The SMILES string of the molecule is CCCC(=O)N(C)Cc1ccccc1O. The Hall–Kier alpha value is -1.51. The first-order valence-corrected chi connectivity index (χ1v) is 5.16. The number of phenolic OH excluding ortho intramolecular Hbond substituents is 1. The fraction of sp³-hybridized carbons (Fsp3) is 0.417. The number of para-hydroxylation sites is 1. The molecular weight excluding hydrogens is 190 g/mol. The van der Waals surface area contributed by atoms with Crippen molar-refractivity contribution in [1.82, 2.24) is 4.90 Å². The smallest absolute Gasteiger partial charge is 0.222 e. The van der Waals surface area contributed by atoms with Gasteiger partial charge in [-0.15, -0.1) is 0 Å². The largest absolute Gasteiger partial charge is 0.508 e. The van der Waals surface area contributed by atoms with E-state index in [1.165, 1.54) is 0 Å². The van der Waals surface area contributed by atoms with Crippen LogP contribution in [0.15, 0.2) is 24.3 Å². The van der Waals surface area contributed by atoms with Gasteiger partial charge in [-0.1, -0.05) is 25.1 Å². The van der Waals surface area contributed by atoms with Crippen LogP contribution in [-0.4, -0.2) is 23.0 Å². The molecule has 0 atom stereocenters. The normalized spacial score (nSPS) is 10.0. The summed E-state index contributed by atoms with van der Waals surface area (Å²) in [5.74, 6) is 0.356. The van der Waals surface area contributed by atoms with Crippen molar-refractivity contribution < 1.29 is 9.90 Å². The van der Waals surface area contributed by atoms with E-state index >= 15 is 0 Å².